The van der Waals surface area contributed by atoms with E-state index in [0.717, 1.165) is 52.6 Å². The zero-order valence-corrected chi connectivity index (χ0v) is 16.4. The van der Waals surface area contributed by atoms with Crippen LogP contribution in [0.5, 0.6) is 0 Å². The molecule has 1 aliphatic heterocycles. The van der Waals surface area contributed by atoms with Crippen LogP contribution in [0, 0.1) is 5.92 Å². The molecular weight excluding hydrogens is 376 g/mol. The predicted molar refractivity (Wildman–Crippen MR) is 118 cm³/mol. The second kappa shape index (κ2) is 6.50. The van der Waals surface area contributed by atoms with Gasteiger partial charge in [0, 0.05) is 58.6 Å². The molecule has 1 unspecified atom stereocenters. The fraction of sp³-hybridized carbons (Fsp3) is 0.208. The van der Waals surface area contributed by atoms with Gasteiger partial charge in [-0.3, -0.25) is 4.57 Å². The summed E-state index contributed by atoms with van der Waals surface area (Å²) in [5, 5.41) is 11.9. The van der Waals surface area contributed by atoms with Crippen molar-refractivity contribution in [2.24, 2.45) is 5.92 Å². The van der Waals surface area contributed by atoms with Crippen LogP contribution in [0.1, 0.15) is 12.1 Å². The summed E-state index contributed by atoms with van der Waals surface area (Å²) in [6.45, 7) is 1.06. The fourth-order valence-electron chi connectivity index (χ4n) is 4.99. The predicted octanol–water partition coefficient (Wildman–Crippen LogP) is 3.82. The smallest absolute Gasteiger partial charge is 0.330 e. The number of imidazole rings is 1. The molecule has 6 nitrogen and oxygen atoms in total. The number of aromatic nitrogens is 4. The highest BCUT2D eigenvalue weighted by Gasteiger charge is 2.27. The van der Waals surface area contributed by atoms with E-state index < -0.39 is 0 Å². The molecule has 0 saturated carbocycles. The molecule has 0 fully saturated rings. The second-order valence-corrected chi connectivity index (χ2v) is 8.07. The van der Waals surface area contributed by atoms with Gasteiger partial charge in [0.1, 0.15) is 0 Å². The average molecular weight is 398 g/mol. The van der Waals surface area contributed by atoms with Gasteiger partial charge in [0.25, 0.3) is 0 Å². The highest BCUT2D eigenvalue weighted by Crippen LogP contribution is 2.39. The van der Waals surface area contributed by atoms with Crippen molar-refractivity contribution < 1.29 is 5.11 Å². The molecule has 1 aliphatic rings. The van der Waals surface area contributed by atoms with Crippen LogP contribution in [0.2, 0.25) is 0 Å². The van der Waals surface area contributed by atoms with Crippen molar-refractivity contribution >= 4 is 21.8 Å². The van der Waals surface area contributed by atoms with Gasteiger partial charge in [-0.2, -0.15) is 0 Å². The third-order valence-corrected chi connectivity index (χ3v) is 6.42. The first kappa shape index (κ1) is 17.4. The van der Waals surface area contributed by atoms with Gasteiger partial charge < -0.3 is 19.6 Å². The Morgan fingerprint density at radius 3 is 2.67 bits per heavy atom. The summed E-state index contributed by atoms with van der Waals surface area (Å²) in [5.41, 5.74) is 5.97. The number of nitrogens with one attached hydrogen (secondary N) is 2. The summed E-state index contributed by atoms with van der Waals surface area (Å²) >= 11 is 0. The fourth-order valence-corrected chi connectivity index (χ4v) is 4.99. The molecule has 5 aromatic rings. The lowest BCUT2D eigenvalue weighted by molar-refractivity contribution is 0.202. The van der Waals surface area contributed by atoms with Crippen LogP contribution >= 0.6 is 0 Å². The third-order valence-electron chi connectivity index (χ3n) is 6.42. The summed E-state index contributed by atoms with van der Waals surface area (Å²) in [5.74, 6) is 0.243. The second-order valence-electron chi connectivity index (χ2n) is 8.07. The molecule has 0 saturated heterocycles. The first-order valence-electron chi connectivity index (χ1n) is 10.3. The third kappa shape index (κ3) is 2.37. The molecule has 3 N–H and O–H groups in total. The first-order valence-corrected chi connectivity index (χ1v) is 10.3. The Morgan fingerprint density at radius 2 is 1.80 bits per heavy atom. The van der Waals surface area contributed by atoms with E-state index in [1.54, 1.807) is 4.57 Å². The van der Waals surface area contributed by atoms with E-state index in [4.69, 9.17) is 0 Å². The molecular formula is C24H22N4O2. The van der Waals surface area contributed by atoms with Gasteiger partial charge in [0.15, 0.2) is 0 Å². The molecule has 1 atom stereocenters. The number of H-pyrrole nitrogens is 2. The lowest BCUT2D eigenvalue weighted by Gasteiger charge is -2.24. The van der Waals surface area contributed by atoms with E-state index in [1.165, 1.54) is 11.2 Å². The summed E-state index contributed by atoms with van der Waals surface area (Å²) in [4.78, 5) is 19.1. The maximum Gasteiger partial charge on any atom is 0.330 e. The number of hydrogen-bond donors (Lipinski definition) is 3. The van der Waals surface area contributed by atoms with Crippen LogP contribution in [0.15, 0.2) is 65.7 Å². The van der Waals surface area contributed by atoms with Crippen LogP contribution < -0.4 is 5.69 Å². The van der Waals surface area contributed by atoms with E-state index in [1.807, 2.05) is 42.7 Å². The molecule has 0 amide bonds. The van der Waals surface area contributed by atoms with Gasteiger partial charge in [-0.15, -0.1) is 0 Å². The molecule has 6 heteroatoms. The van der Waals surface area contributed by atoms with E-state index >= 15 is 0 Å². The van der Waals surface area contributed by atoms with Crippen molar-refractivity contribution in [1.29, 1.82) is 0 Å². The number of para-hydroxylation sites is 2. The Hall–Kier alpha value is -3.51. The Labute approximate surface area is 172 Å². The Morgan fingerprint density at radius 1 is 1.00 bits per heavy atom. The normalized spacial score (nSPS) is 16.4. The highest BCUT2D eigenvalue weighted by atomic mass is 16.3. The number of aliphatic hydroxyl groups is 1. The molecule has 0 aliphatic carbocycles. The van der Waals surface area contributed by atoms with E-state index in [2.05, 4.69) is 32.7 Å². The van der Waals surface area contributed by atoms with Gasteiger partial charge in [-0.1, -0.05) is 36.4 Å². The maximum absolute atomic E-state index is 12.9. The SMILES string of the molecule is O=c1[nH]cc(-c2c3n(c4ccccc24)CCC(CO)C3)n1-c1c[nH]c2ccccc12. The Balaban J connectivity index is 1.67. The molecule has 0 radical (unpaired) electrons. The lowest BCUT2D eigenvalue weighted by Crippen LogP contribution is -2.22. The molecule has 2 aromatic carbocycles. The van der Waals surface area contributed by atoms with E-state index in [9.17, 15) is 9.90 Å². The maximum atomic E-state index is 12.9. The minimum absolute atomic E-state index is 0.159. The van der Waals surface area contributed by atoms with Crippen molar-refractivity contribution in [2.75, 3.05) is 6.61 Å². The van der Waals surface area contributed by atoms with Crippen molar-refractivity contribution in [3.63, 3.8) is 0 Å². The van der Waals surface area contributed by atoms with Gasteiger partial charge in [-0.25, -0.2) is 4.79 Å². The van der Waals surface area contributed by atoms with E-state index in [-0.39, 0.29) is 18.2 Å². The number of fused-ring (bicyclic) bond motifs is 4. The molecule has 150 valence electrons. The Kier molecular flexibility index (Phi) is 3.76. The van der Waals surface area contributed by atoms with Crippen LogP contribution in [0.25, 0.3) is 38.8 Å². The van der Waals surface area contributed by atoms with Crippen LogP contribution in [0.3, 0.4) is 0 Å². The number of nitrogens with zero attached hydrogens (tertiary/aromatic N) is 2. The number of rotatable bonds is 3. The molecule has 30 heavy (non-hydrogen) atoms. The number of aliphatic hydroxyl groups excluding tert-OH is 1. The lowest BCUT2D eigenvalue weighted by atomic mass is 9.94. The van der Waals surface area contributed by atoms with Crippen LogP contribution in [-0.4, -0.2) is 30.8 Å². The molecule has 3 aromatic heterocycles. The van der Waals surface area contributed by atoms with Crippen molar-refractivity contribution in [1.82, 2.24) is 19.1 Å². The number of benzene rings is 2. The van der Waals surface area contributed by atoms with Crippen LogP contribution in [0.4, 0.5) is 0 Å². The summed E-state index contributed by atoms with van der Waals surface area (Å²) < 4.78 is 4.12. The average Bonchev–Trinajstić information content (AvgIpc) is 3.46. The minimum atomic E-state index is -0.159. The topological polar surface area (TPSA) is 78.7 Å². The molecule has 4 heterocycles. The number of aryl methyl sites for hydroxylation is 1. The van der Waals surface area contributed by atoms with Crippen molar-refractivity contribution in [3.05, 3.63) is 77.1 Å². The Bertz CT molecular complexity index is 1450. The summed E-state index contributed by atoms with van der Waals surface area (Å²) in [6, 6.07) is 16.4. The largest absolute Gasteiger partial charge is 0.396 e. The monoisotopic (exact) mass is 398 g/mol. The van der Waals surface area contributed by atoms with Crippen LogP contribution in [-0.2, 0) is 13.0 Å². The minimum Gasteiger partial charge on any atom is -0.396 e. The van der Waals surface area contributed by atoms with Gasteiger partial charge in [0.05, 0.1) is 11.4 Å². The standard InChI is InChI=1S/C24H22N4O2/c29-14-15-9-10-27-19-8-4-2-6-17(19)23(20(27)11-15)22-13-26-24(30)28(22)21-12-25-18-7-3-1-5-16(18)21/h1-8,12-13,15,25,29H,9-11,14H2,(H,26,30). The molecule has 6 rings (SSSR count). The quantitative estimate of drug-likeness (QED) is 0.432. The van der Waals surface area contributed by atoms with E-state index in [0.29, 0.717) is 0 Å². The number of hydrogen-bond acceptors (Lipinski definition) is 2. The van der Waals surface area contributed by atoms with Crippen molar-refractivity contribution in [3.8, 4) is 16.9 Å². The van der Waals surface area contributed by atoms with Gasteiger partial charge in [-0.05, 0) is 30.9 Å². The summed E-state index contributed by atoms with van der Waals surface area (Å²) in [7, 11) is 0. The van der Waals surface area contributed by atoms with Crippen molar-refractivity contribution in [2.45, 2.75) is 19.4 Å². The number of aromatic amines is 2. The first-order chi connectivity index (χ1) is 14.8. The molecule has 0 spiro atoms. The van der Waals surface area contributed by atoms with Gasteiger partial charge >= 0.3 is 5.69 Å². The zero-order chi connectivity index (χ0) is 20.2. The zero-order valence-electron chi connectivity index (χ0n) is 16.4. The summed E-state index contributed by atoms with van der Waals surface area (Å²) in [6.07, 6.45) is 5.47. The molecule has 0 bridgehead atoms. The highest BCUT2D eigenvalue weighted by molar-refractivity contribution is 5.98. The van der Waals surface area contributed by atoms with Gasteiger partial charge in [0.2, 0.25) is 0 Å².